The summed E-state index contributed by atoms with van der Waals surface area (Å²) in [7, 11) is 0. The highest BCUT2D eigenvalue weighted by Gasteiger charge is 2.34. The fourth-order valence-electron chi connectivity index (χ4n) is 3.85. The van der Waals surface area contributed by atoms with E-state index in [9.17, 15) is 0 Å². The summed E-state index contributed by atoms with van der Waals surface area (Å²) in [6.07, 6.45) is 8.38. The molecule has 0 saturated carbocycles. The molecule has 0 spiro atoms. The second-order valence-electron chi connectivity index (χ2n) is 6.33. The third-order valence-electron chi connectivity index (χ3n) is 4.85. The molecule has 2 nitrogen and oxygen atoms in total. The first kappa shape index (κ1) is 13.4. The Morgan fingerprint density at radius 2 is 2.24 bits per heavy atom. The number of likely N-dealkylation sites (tertiary alicyclic amines) is 1. The van der Waals surface area contributed by atoms with Crippen LogP contribution in [0.5, 0.6) is 0 Å². The maximum atomic E-state index is 3.63. The Morgan fingerprint density at radius 3 is 2.82 bits per heavy atom. The van der Waals surface area contributed by atoms with Crippen LogP contribution in [0, 0.1) is 11.3 Å². The smallest absolute Gasteiger partial charge is 0.00503 e. The molecule has 2 aliphatic heterocycles. The van der Waals surface area contributed by atoms with Crippen LogP contribution in [0.25, 0.3) is 0 Å². The second kappa shape index (κ2) is 6.19. The van der Waals surface area contributed by atoms with Crippen molar-refractivity contribution in [2.45, 2.75) is 52.4 Å². The summed E-state index contributed by atoms with van der Waals surface area (Å²) in [6.45, 7) is 11.3. The van der Waals surface area contributed by atoms with Crippen LogP contribution in [0.4, 0.5) is 0 Å². The van der Waals surface area contributed by atoms with E-state index in [4.69, 9.17) is 0 Å². The van der Waals surface area contributed by atoms with Crippen LogP contribution in [-0.4, -0.2) is 37.6 Å². The predicted molar refractivity (Wildman–Crippen MR) is 74.3 cm³/mol. The first-order valence-electron chi connectivity index (χ1n) is 7.71. The van der Waals surface area contributed by atoms with E-state index < -0.39 is 0 Å². The van der Waals surface area contributed by atoms with E-state index in [2.05, 4.69) is 24.1 Å². The van der Waals surface area contributed by atoms with E-state index in [1.807, 2.05) is 0 Å². The first-order chi connectivity index (χ1) is 8.28. The van der Waals surface area contributed by atoms with Gasteiger partial charge in [0, 0.05) is 19.6 Å². The third kappa shape index (κ3) is 3.45. The fourth-order valence-corrected chi connectivity index (χ4v) is 3.85. The van der Waals surface area contributed by atoms with Crippen LogP contribution in [0.3, 0.4) is 0 Å². The molecule has 1 N–H and O–H groups in total. The topological polar surface area (TPSA) is 15.3 Å². The second-order valence-corrected chi connectivity index (χ2v) is 6.33. The van der Waals surface area contributed by atoms with Gasteiger partial charge in [0.2, 0.25) is 0 Å². The molecule has 0 aromatic rings. The minimum atomic E-state index is 0.593. The molecule has 0 aromatic heterocycles. The van der Waals surface area contributed by atoms with Gasteiger partial charge >= 0.3 is 0 Å². The molecule has 2 unspecified atom stereocenters. The molecule has 0 amide bonds. The lowest BCUT2D eigenvalue weighted by molar-refractivity contribution is 0.118. The van der Waals surface area contributed by atoms with Gasteiger partial charge in [-0.1, -0.05) is 26.7 Å². The minimum absolute atomic E-state index is 0.593. The van der Waals surface area contributed by atoms with Crippen LogP contribution in [0.2, 0.25) is 0 Å². The highest BCUT2D eigenvalue weighted by atomic mass is 15.2. The Bertz CT molecular complexity index is 215. The number of nitrogens with zero attached hydrogens (tertiary/aromatic N) is 1. The van der Waals surface area contributed by atoms with Crippen molar-refractivity contribution in [3.05, 3.63) is 0 Å². The van der Waals surface area contributed by atoms with Gasteiger partial charge in [-0.3, -0.25) is 0 Å². The molecular formula is C15H30N2. The van der Waals surface area contributed by atoms with Gasteiger partial charge in [-0.15, -0.1) is 0 Å². The van der Waals surface area contributed by atoms with E-state index in [1.54, 1.807) is 0 Å². The van der Waals surface area contributed by atoms with Gasteiger partial charge in [0.1, 0.15) is 0 Å². The average molecular weight is 238 g/mol. The standard InChI is InChI=1S/C15H30N2/c1-3-7-15(8-5-9-16-12-15)13-17-10-6-14(4-2)11-17/h14,16H,3-13H2,1-2H3. The van der Waals surface area contributed by atoms with Crippen LogP contribution >= 0.6 is 0 Å². The zero-order chi connectivity index (χ0) is 12.1. The molecule has 17 heavy (non-hydrogen) atoms. The number of piperidine rings is 1. The van der Waals surface area contributed by atoms with Crippen molar-refractivity contribution >= 4 is 0 Å². The van der Waals surface area contributed by atoms with Crippen molar-refractivity contribution in [3.8, 4) is 0 Å². The lowest BCUT2D eigenvalue weighted by Gasteiger charge is -2.40. The predicted octanol–water partition coefficient (Wildman–Crippen LogP) is 2.89. The third-order valence-corrected chi connectivity index (χ3v) is 4.85. The van der Waals surface area contributed by atoms with E-state index in [1.165, 1.54) is 71.2 Å². The molecule has 2 atom stereocenters. The summed E-state index contributed by atoms with van der Waals surface area (Å²) in [4.78, 5) is 2.75. The number of hydrogen-bond acceptors (Lipinski definition) is 2. The van der Waals surface area contributed by atoms with Crippen molar-refractivity contribution in [1.82, 2.24) is 10.2 Å². The van der Waals surface area contributed by atoms with E-state index >= 15 is 0 Å². The van der Waals surface area contributed by atoms with Gasteiger partial charge in [-0.25, -0.2) is 0 Å². The largest absolute Gasteiger partial charge is 0.316 e. The van der Waals surface area contributed by atoms with E-state index in [-0.39, 0.29) is 0 Å². The van der Waals surface area contributed by atoms with Crippen LogP contribution in [0.15, 0.2) is 0 Å². The number of nitrogens with one attached hydrogen (secondary N) is 1. The van der Waals surface area contributed by atoms with Gasteiger partial charge in [0.05, 0.1) is 0 Å². The Morgan fingerprint density at radius 1 is 1.35 bits per heavy atom. The van der Waals surface area contributed by atoms with Gasteiger partial charge < -0.3 is 10.2 Å². The van der Waals surface area contributed by atoms with Crippen molar-refractivity contribution in [2.75, 3.05) is 32.7 Å². The van der Waals surface area contributed by atoms with Crippen LogP contribution in [0.1, 0.15) is 52.4 Å². The summed E-state index contributed by atoms with van der Waals surface area (Å²) in [5.41, 5.74) is 0.593. The Balaban J connectivity index is 1.88. The number of hydrogen-bond donors (Lipinski definition) is 1. The summed E-state index contributed by atoms with van der Waals surface area (Å²) < 4.78 is 0. The molecular weight excluding hydrogens is 208 g/mol. The minimum Gasteiger partial charge on any atom is -0.316 e. The van der Waals surface area contributed by atoms with Crippen LogP contribution < -0.4 is 5.32 Å². The average Bonchev–Trinajstić information content (AvgIpc) is 2.78. The molecule has 2 aliphatic rings. The molecule has 2 saturated heterocycles. The van der Waals surface area contributed by atoms with Crippen LogP contribution in [-0.2, 0) is 0 Å². The lowest BCUT2D eigenvalue weighted by Crippen LogP contribution is -2.47. The molecule has 100 valence electrons. The van der Waals surface area contributed by atoms with Crippen molar-refractivity contribution in [2.24, 2.45) is 11.3 Å². The van der Waals surface area contributed by atoms with Crippen molar-refractivity contribution < 1.29 is 0 Å². The highest BCUT2D eigenvalue weighted by molar-refractivity contribution is 4.90. The molecule has 2 heteroatoms. The number of rotatable bonds is 5. The van der Waals surface area contributed by atoms with E-state index in [0.29, 0.717) is 5.41 Å². The maximum absolute atomic E-state index is 3.63. The molecule has 0 aromatic carbocycles. The molecule has 0 bridgehead atoms. The summed E-state index contributed by atoms with van der Waals surface area (Å²) >= 11 is 0. The van der Waals surface area contributed by atoms with Crippen molar-refractivity contribution in [3.63, 3.8) is 0 Å². The van der Waals surface area contributed by atoms with Gasteiger partial charge in [-0.2, -0.15) is 0 Å². The SMILES string of the molecule is CCCC1(CN2CCC(CC)C2)CCCNC1. The van der Waals surface area contributed by atoms with E-state index in [0.717, 1.165) is 5.92 Å². The highest BCUT2D eigenvalue weighted by Crippen LogP contribution is 2.34. The lowest BCUT2D eigenvalue weighted by atomic mass is 9.76. The zero-order valence-corrected chi connectivity index (χ0v) is 11.8. The molecule has 2 fully saturated rings. The summed E-state index contributed by atoms with van der Waals surface area (Å²) in [6, 6.07) is 0. The van der Waals surface area contributed by atoms with Gasteiger partial charge in [0.15, 0.2) is 0 Å². The Kier molecular flexibility index (Phi) is 4.87. The summed E-state index contributed by atoms with van der Waals surface area (Å²) in [5, 5.41) is 3.63. The van der Waals surface area contributed by atoms with Gasteiger partial charge in [-0.05, 0) is 50.1 Å². The quantitative estimate of drug-likeness (QED) is 0.792. The monoisotopic (exact) mass is 238 g/mol. The normalized spacial score (nSPS) is 35.3. The maximum Gasteiger partial charge on any atom is 0.00503 e. The Hall–Kier alpha value is -0.0800. The van der Waals surface area contributed by atoms with Gasteiger partial charge in [0.25, 0.3) is 0 Å². The molecule has 2 heterocycles. The Labute approximate surface area is 107 Å². The zero-order valence-electron chi connectivity index (χ0n) is 11.8. The molecule has 2 rings (SSSR count). The first-order valence-corrected chi connectivity index (χ1v) is 7.71. The van der Waals surface area contributed by atoms with Crippen molar-refractivity contribution in [1.29, 1.82) is 0 Å². The summed E-state index contributed by atoms with van der Waals surface area (Å²) in [5.74, 6) is 0.977. The molecule has 0 aliphatic carbocycles. The fraction of sp³-hybridized carbons (Fsp3) is 1.00. The molecule has 0 radical (unpaired) electrons.